The maximum Gasteiger partial charge on any atom is 0.262 e. The largest absolute Gasteiger partial charge is 0.399 e. The van der Waals surface area contributed by atoms with Crippen LogP contribution in [0, 0.1) is 13.8 Å². The summed E-state index contributed by atoms with van der Waals surface area (Å²) in [7, 11) is 0. The number of fused-ring (bicyclic) bond motifs is 1. The van der Waals surface area contributed by atoms with Crippen LogP contribution in [0.25, 0.3) is 0 Å². The van der Waals surface area contributed by atoms with E-state index in [0.717, 1.165) is 16.7 Å². The standard InChI is InChI=1S/C17H16N2O2/c1-10-6-7-11(2)15-14(10)16(20)19(17(15)21)9-12-4-3-5-13(18)8-12/h3-8H,9,18H2,1-2H3. The lowest BCUT2D eigenvalue weighted by molar-refractivity contribution is 0.0642. The van der Waals surface area contributed by atoms with Gasteiger partial charge < -0.3 is 5.73 Å². The number of imide groups is 1. The van der Waals surface area contributed by atoms with E-state index in [1.54, 1.807) is 12.1 Å². The lowest BCUT2D eigenvalue weighted by Crippen LogP contribution is -2.29. The van der Waals surface area contributed by atoms with Crippen LogP contribution >= 0.6 is 0 Å². The molecule has 0 saturated carbocycles. The second-order valence-electron chi connectivity index (χ2n) is 5.39. The molecule has 106 valence electrons. The molecule has 1 heterocycles. The molecule has 2 aromatic carbocycles. The highest BCUT2D eigenvalue weighted by atomic mass is 16.2. The zero-order chi connectivity index (χ0) is 15.1. The smallest absolute Gasteiger partial charge is 0.262 e. The van der Waals surface area contributed by atoms with Crippen LogP contribution in [0.15, 0.2) is 36.4 Å². The van der Waals surface area contributed by atoms with E-state index in [9.17, 15) is 9.59 Å². The molecule has 0 fully saturated rings. The van der Waals surface area contributed by atoms with Gasteiger partial charge in [0.25, 0.3) is 11.8 Å². The van der Waals surface area contributed by atoms with E-state index in [1.807, 2.05) is 38.1 Å². The Morgan fingerprint density at radius 1 is 0.952 bits per heavy atom. The molecule has 4 nitrogen and oxygen atoms in total. The number of hydrogen-bond donors (Lipinski definition) is 1. The number of carbonyl (C=O) groups excluding carboxylic acids is 2. The van der Waals surface area contributed by atoms with Gasteiger partial charge in [0, 0.05) is 5.69 Å². The van der Waals surface area contributed by atoms with Crippen molar-refractivity contribution in [3.8, 4) is 0 Å². The van der Waals surface area contributed by atoms with Gasteiger partial charge in [-0.3, -0.25) is 14.5 Å². The number of benzene rings is 2. The zero-order valence-corrected chi connectivity index (χ0v) is 12.0. The molecule has 3 rings (SSSR count). The van der Waals surface area contributed by atoms with E-state index in [-0.39, 0.29) is 18.4 Å². The van der Waals surface area contributed by atoms with E-state index in [1.165, 1.54) is 4.90 Å². The highest BCUT2D eigenvalue weighted by molar-refractivity contribution is 6.22. The number of nitrogens with two attached hydrogens (primary N) is 1. The summed E-state index contributed by atoms with van der Waals surface area (Å²) < 4.78 is 0. The Morgan fingerprint density at radius 3 is 2.05 bits per heavy atom. The highest BCUT2D eigenvalue weighted by Gasteiger charge is 2.37. The number of anilines is 1. The molecule has 2 N–H and O–H groups in total. The predicted octanol–water partition coefficient (Wildman–Crippen LogP) is 2.68. The minimum Gasteiger partial charge on any atom is -0.399 e. The highest BCUT2D eigenvalue weighted by Crippen LogP contribution is 2.29. The Kier molecular flexibility index (Phi) is 3.01. The summed E-state index contributed by atoms with van der Waals surface area (Å²) in [6, 6.07) is 11.0. The molecular formula is C17H16N2O2. The van der Waals surface area contributed by atoms with Gasteiger partial charge >= 0.3 is 0 Å². The van der Waals surface area contributed by atoms with Crippen molar-refractivity contribution in [2.24, 2.45) is 0 Å². The summed E-state index contributed by atoms with van der Waals surface area (Å²) in [6.45, 7) is 3.96. The van der Waals surface area contributed by atoms with Crippen LogP contribution in [-0.2, 0) is 6.54 Å². The van der Waals surface area contributed by atoms with Crippen LogP contribution in [0.4, 0.5) is 5.69 Å². The average Bonchev–Trinajstić information content (AvgIpc) is 2.69. The van der Waals surface area contributed by atoms with Crippen LogP contribution in [0.5, 0.6) is 0 Å². The van der Waals surface area contributed by atoms with Crippen molar-refractivity contribution in [3.63, 3.8) is 0 Å². The van der Waals surface area contributed by atoms with Gasteiger partial charge in [0.15, 0.2) is 0 Å². The lowest BCUT2D eigenvalue weighted by atomic mass is 9.99. The molecule has 2 amide bonds. The Labute approximate surface area is 123 Å². The molecule has 0 spiro atoms. The molecular weight excluding hydrogens is 264 g/mol. The van der Waals surface area contributed by atoms with Gasteiger partial charge in [-0.2, -0.15) is 0 Å². The molecule has 0 aliphatic carbocycles. The van der Waals surface area contributed by atoms with Crippen molar-refractivity contribution >= 4 is 17.5 Å². The molecule has 4 heteroatoms. The number of hydrogen-bond acceptors (Lipinski definition) is 3. The molecule has 0 saturated heterocycles. The number of amides is 2. The third-order valence-electron chi connectivity index (χ3n) is 3.83. The summed E-state index contributed by atoms with van der Waals surface area (Å²) >= 11 is 0. The van der Waals surface area contributed by atoms with Gasteiger partial charge in [-0.15, -0.1) is 0 Å². The Morgan fingerprint density at radius 2 is 1.52 bits per heavy atom. The Bertz CT molecular complexity index is 724. The molecule has 1 aliphatic heterocycles. The molecule has 2 aromatic rings. The van der Waals surface area contributed by atoms with Crippen molar-refractivity contribution in [3.05, 3.63) is 64.2 Å². The Hall–Kier alpha value is -2.62. The molecule has 1 aliphatic rings. The summed E-state index contributed by atoms with van der Waals surface area (Å²) in [5.41, 5.74) is 9.95. The van der Waals surface area contributed by atoms with Gasteiger partial charge in [0.05, 0.1) is 17.7 Å². The first-order valence-corrected chi connectivity index (χ1v) is 6.80. The van der Waals surface area contributed by atoms with E-state index in [4.69, 9.17) is 5.73 Å². The van der Waals surface area contributed by atoms with Crippen LogP contribution in [0.3, 0.4) is 0 Å². The third-order valence-corrected chi connectivity index (χ3v) is 3.83. The second kappa shape index (κ2) is 4.74. The third kappa shape index (κ3) is 2.09. The summed E-state index contributed by atoms with van der Waals surface area (Å²) in [5.74, 6) is -0.447. The van der Waals surface area contributed by atoms with E-state index < -0.39 is 0 Å². The Balaban J connectivity index is 2.01. The molecule has 0 atom stereocenters. The van der Waals surface area contributed by atoms with Crippen molar-refractivity contribution in [2.75, 3.05) is 5.73 Å². The molecule has 21 heavy (non-hydrogen) atoms. The fraction of sp³-hybridized carbons (Fsp3) is 0.176. The second-order valence-corrected chi connectivity index (χ2v) is 5.39. The quantitative estimate of drug-likeness (QED) is 0.679. The topological polar surface area (TPSA) is 63.4 Å². The fourth-order valence-corrected chi connectivity index (χ4v) is 2.74. The van der Waals surface area contributed by atoms with Gasteiger partial charge in [0.2, 0.25) is 0 Å². The van der Waals surface area contributed by atoms with Gasteiger partial charge in [0.1, 0.15) is 0 Å². The molecule has 0 unspecified atom stereocenters. The normalized spacial score (nSPS) is 13.7. The van der Waals surface area contributed by atoms with Crippen LogP contribution < -0.4 is 5.73 Å². The monoisotopic (exact) mass is 280 g/mol. The fourth-order valence-electron chi connectivity index (χ4n) is 2.74. The van der Waals surface area contributed by atoms with Crippen LogP contribution in [-0.4, -0.2) is 16.7 Å². The molecule has 0 aromatic heterocycles. The van der Waals surface area contributed by atoms with E-state index in [2.05, 4.69) is 0 Å². The first kappa shape index (κ1) is 13.4. The van der Waals surface area contributed by atoms with Crippen molar-refractivity contribution in [2.45, 2.75) is 20.4 Å². The number of nitrogen functional groups attached to an aromatic ring is 1. The SMILES string of the molecule is Cc1ccc(C)c2c1C(=O)N(Cc1cccc(N)c1)C2=O. The summed E-state index contributed by atoms with van der Waals surface area (Å²) in [6.07, 6.45) is 0. The van der Waals surface area contributed by atoms with E-state index in [0.29, 0.717) is 16.8 Å². The van der Waals surface area contributed by atoms with Crippen molar-refractivity contribution < 1.29 is 9.59 Å². The maximum absolute atomic E-state index is 12.5. The first-order valence-electron chi connectivity index (χ1n) is 6.80. The molecule has 0 radical (unpaired) electrons. The van der Waals surface area contributed by atoms with Crippen molar-refractivity contribution in [1.82, 2.24) is 4.90 Å². The van der Waals surface area contributed by atoms with Gasteiger partial charge in [-0.25, -0.2) is 0 Å². The van der Waals surface area contributed by atoms with E-state index >= 15 is 0 Å². The summed E-state index contributed by atoms with van der Waals surface area (Å²) in [5, 5.41) is 0. The first-order chi connectivity index (χ1) is 9.99. The number of carbonyl (C=O) groups is 2. The maximum atomic E-state index is 12.5. The minimum atomic E-state index is -0.223. The number of rotatable bonds is 2. The summed E-state index contributed by atoms with van der Waals surface area (Å²) in [4.78, 5) is 26.4. The van der Waals surface area contributed by atoms with Crippen LogP contribution in [0.1, 0.15) is 37.4 Å². The van der Waals surface area contributed by atoms with Crippen molar-refractivity contribution in [1.29, 1.82) is 0 Å². The predicted molar refractivity (Wildman–Crippen MR) is 81.0 cm³/mol. The number of aryl methyl sites for hydroxylation is 2. The lowest BCUT2D eigenvalue weighted by Gasteiger charge is -2.14. The minimum absolute atomic E-state index is 0.223. The molecule has 0 bridgehead atoms. The van der Waals surface area contributed by atoms with Crippen LogP contribution in [0.2, 0.25) is 0 Å². The number of nitrogens with zero attached hydrogens (tertiary/aromatic N) is 1. The zero-order valence-electron chi connectivity index (χ0n) is 12.0. The average molecular weight is 280 g/mol. The van der Waals surface area contributed by atoms with Gasteiger partial charge in [-0.1, -0.05) is 24.3 Å². The van der Waals surface area contributed by atoms with Gasteiger partial charge in [-0.05, 0) is 42.7 Å².